The van der Waals surface area contributed by atoms with E-state index < -0.39 is 16.1 Å². The lowest BCUT2D eigenvalue weighted by Crippen LogP contribution is -2.35. The van der Waals surface area contributed by atoms with Crippen molar-refractivity contribution < 1.29 is 17.9 Å². The van der Waals surface area contributed by atoms with E-state index in [-0.39, 0.29) is 22.4 Å². The van der Waals surface area contributed by atoms with Crippen molar-refractivity contribution in [1.82, 2.24) is 9.62 Å². The first-order valence-corrected chi connectivity index (χ1v) is 15.3. The molecule has 1 saturated heterocycles. The lowest BCUT2D eigenvalue weighted by Gasteiger charge is -2.26. The van der Waals surface area contributed by atoms with Gasteiger partial charge in [-0.3, -0.25) is 0 Å². The molecule has 11 heteroatoms. The van der Waals surface area contributed by atoms with Crippen LogP contribution in [0.3, 0.4) is 0 Å². The number of anilines is 1. The van der Waals surface area contributed by atoms with Crippen molar-refractivity contribution in [1.29, 1.82) is 0 Å². The van der Waals surface area contributed by atoms with Crippen molar-refractivity contribution in [3.8, 4) is 11.5 Å². The number of hydrogen-bond donors (Lipinski definition) is 2. The first kappa shape index (κ1) is 28.7. The van der Waals surface area contributed by atoms with Crippen LogP contribution in [0, 0.1) is 0 Å². The van der Waals surface area contributed by atoms with Crippen LogP contribution in [0.2, 0.25) is 10.0 Å². The summed E-state index contributed by atoms with van der Waals surface area (Å²) in [5, 5.41) is 6.51. The van der Waals surface area contributed by atoms with Gasteiger partial charge < -0.3 is 15.4 Å². The fraction of sp³-hybridized carbons (Fsp3) is 0.296. The largest absolute Gasteiger partial charge is 0.455 e. The Morgan fingerprint density at radius 2 is 1.71 bits per heavy atom. The molecule has 1 aliphatic heterocycles. The molecular formula is C27H28BrCl2N3O4S. The molecular weight excluding hydrogens is 613 g/mol. The van der Waals surface area contributed by atoms with Crippen LogP contribution in [0.4, 0.5) is 10.5 Å². The van der Waals surface area contributed by atoms with E-state index in [4.69, 9.17) is 27.9 Å². The van der Waals surface area contributed by atoms with Crippen LogP contribution in [-0.2, 0) is 10.0 Å². The summed E-state index contributed by atoms with van der Waals surface area (Å²) in [4.78, 5) is 13.2. The van der Waals surface area contributed by atoms with Crippen LogP contribution in [0.15, 0.2) is 70.0 Å². The van der Waals surface area contributed by atoms with Gasteiger partial charge in [-0.15, -0.1) is 0 Å². The summed E-state index contributed by atoms with van der Waals surface area (Å²) in [6, 6.07) is 16.0. The topological polar surface area (TPSA) is 87.7 Å². The van der Waals surface area contributed by atoms with Crippen LogP contribution in [0.1, 0.15) is 44.2 Å². The number of nitrogens with zero attached hydrogens (tertiary/aromatic N) is 1. The summed E-state index contributed by atoms with van der Waals surface area (Å²) in [5.41, 5.74) is 1.12. The summed E-state index contributed by atoms with van der Waals surface area (Å²) in [7, 11) is -3.74. The van der Waals surface area contributed by atoms with E-state index in [9.17, 15) is 13.2 Å². The Labute approximate surface area is 241 Å². The number of carbonyl (C=O) groups excluding carboxylic acids is 1. The van der Waals surface area contributed by atoms with E-state index in [2.05, 4.69) is 26.6 Å². The molecule has 4 rings (SSSR count). The van der Waals surface area contributed by atoms with Crippen LogP contribution >= 0.6 is 39.1 Å². The maximum atomic E-state index is 13.3. The SMILES string of the molecule is CCC(NC(=O)Nc1cc(S(=O)(=O)N2CCCCC2)ccc1Oc1cc(Cl)cc(Cl)c1)c1ccccc1Br. The number of ether oxygens (including phenoxy) is 1. The minimum atomic E-state index is -3.74. The number of benzene rings is 3. The van der Waals surface area contributed by atoms with E-state index in [0.29, 0.717) is 35.3 Å². The average molecular weight is 641 g/mol. The highest BCUT2D eigenvalue weighted by Gasteiger charge is 2.27. The molecule has 0 aliphatic carbocycles. The lowest BCUT2D eigenvalue weighted by molar-refractivity contribution is 0.248. The Bertz CT molecular complexity index is 1390. The van der Waals surface area contributed by atoms with Gasteiger partial charge in [0, 0.05) is 27.6 Å². The zero-order chi connectivity index (χ0) is 27.3. The average Bonchev–Trinajstić information content (AvgIpc) is 2.88. The highest BCUT2D eigenvalue weighted by Crippen LogP contribution is 2.35. The number of carbonyl (C=O) groups is 1. The second-order valence-corrected chi connectivity index (χ2v) is 12.6. The predicted octanol–water partition coefficient (Wildman–Crippen LogP) is 8.00. The fourth-order valence-electron chi connectivity index (χ4n) is 4.30. The van der Waals surface area contributed by atoms with Gasteiger partial charge in [-0.1, -0.05) is 70.7 Å². The zero-order valence-corrected chi connectivity index (χ0v) is 24.6. The molecule has 0 radical (unpaired) electrons. The summed E-state index contributed by atoms with van der Waals surface area (Å²) in [5.74, 6) is 0.585. The molecule has 0 spiro atoms. The molecule has 0 aromatic heterocycles. The van der Waals surface area contributed by atoms with Gasteiger partial charge in [-0.05, 0) is 67.3 Å². The van der Waals surface area contributed by atoms with E-state index in [0.717, 1.165) is 29.3 Å². The third kappa shape index (κ3) is 7.01. The van der Waals surface area contributed by atoms with Crippen molar-refractivity contribution >= 4 is 60.9 Å². The van der Waals surface area contributed by atoms with Gasteiger partial charge in [0.05, 0.1) is 16.6 Å². The van der Waals surface area contributed by atoms with Gasteiger partial charge in [0.2, 0.25) is 10.0 Å². The maximum absolute atomic E-state index is 13.3. The molecule has 3 aromatic carbocycles. The Morgan fingerprint density at radius 1 is 1.03 bits per heavy atom. The quantitative estimate of drug-likeness (QED) is 0.261. The first-order valence-electron chi connectivity index (χ1n) is 12.3. The summed E-state index contributed by atoms with van der Waals surface area (Å²) >= 11 is 15.8. The molecule has 3 aromatic rings. The first-order chi connectivity index (χ1) is 18.2. The Balaban J connectivity index is 1.65. The molecule has 1 fully saturated rings. The van der Waals surface area contributed by atoms with E-state index in [1.165, 1.54) is 22.5 Å². The number of piperidine rings is 1. The predicted molar refractivity (Wildman–Crippen MR) is 155 cm³/mol. The van der Waals surface area contributed by atoms with Gasteiger partial charge in [0.1, 0.15) is 5.75 Å². The summed E-state index contributed by atoms with van der Waals surface area (Å²) in [6.07, 6.45) is 3.28. The second kappa shape index (κ2) is 12.7. The fourth-order valence-corrected chi connectivity index (χ4v) is 6.91. The third-order valence-electron chi connectivity index (χ3n) is 6.21. The van der Waals surface area contributed by atoms with Crippen molar-refractivity contribution in [2.75, 3.05) is 18.4 Å². The molecule has 1 atom stereocenters. The molecule has 1 aliphatic rings. The van der Waals surface area contributed by atoms with E-state index in [1.807, 2.05) is 31.2 Å². The van der Waals surface area contributed by atoms with E-state index >= 15 is 0 Å². The van der Waals surface area contributed by atoms with Crippen molar-refractivity contribution in [2.45, 2.75) is 43.5 Å². The van der Waals surface area contributed by atoms with Crippen LogP contribution in [0.5, 0.6) is 11.5 Å². The second-order valence-electron chi connectivity index (χ2n) is 8.91. The third-order valence-corrected chi connectivity index (χ3v) is 9.26. The Hall–Kier alpha value is -2.30. The number of sulfonamides is 1. The minimum Gasteiger partial charge on any atom is -0.455 e. The zero-order valence-electron chi connectivity index (χ0n) is 20.7. The van der Waals surface area contributed by atoms with E-state index in [1.54, 1.807) is 18.2 Å². The molecule has 202 valence electrons. The van der Waals surface area contributed by atoms with Crippen LogP contribution in [-0.4, -0.2) is 31.8 Å². The summed E-state index contributed by atoms with van der Waals surface area (Å²) < 4.78 is 35.0. The minimum absolute atomic E-state index is 0.0732. The molecule has 1 heterocycles. The molecule has 0 bridgehead atoms. The molecule has 2 N–H and O–H groups in total. The smallest absolute Gasteiger partial charge is 0.319 e. The van der Waals surface area contributed by atoms with Crippen LogP contribution < -0.4 is 15.4 Å². The number of amides is 2. The maximum Gasteiger partial charge on any atom is 0.319 e. The van der Waals surface area contributed by atoms with Gasteiger partial charge in [0.25, 0.3) is 0 Å². The van der Waals surface area contributed by atoms with Gasteiger partial charge >= 0.3 is 6.03 Å². The number of halogens is 3. The molecule has 7 nitrogen and oxygen atoms in total. The number of hydrogen-bond acceptors (Lipinski definition) is 4. The monoisotopic (exact) mass is 639 g/mol. The molecule has 0 saturated carbocycles. The van der Waals surface area contributed by atoms with Gasteiger partial charge in [-0.2, -0.15) is 4.31 Å². The molecule has 38 heavy (non-hydrogen) atoms. The number of urea groups is 1. The highest BCUT2D eigenvalue weighted by atomic mass is 79.9. The molecule has 1 unspecified atom stereocenters. The summed E-state index contributed by atoms with van der Waals surface area (Å²) in [6.45, 7) is 2.90. The van der Waals surface area contributed by atoms with Crippen molar-refractivity contribution in [2.24, 2.45) is 0 Å². The van der Waals surface area contributed by atoms with Crippen LogP contribution in [0.25, 0.3) is 0 Å². The van der Waals surface area contributed by atoms with Gasteiger partial charge in [-0.25, -0.2) is 13.2 Å². The normalized spacial score (nSPS) is 15.1. The number of nitrogens with one attached hydrogen (secondary N) is 2. The van der Waals surface area contributed by atoms with Gasteiger partial charge in [0.15, 0.2) is 5.75 Å². The number of rotatable bonds is 8. The standard InChI is InChI=1S/C27H28BrCl2N3O4S/c1-2-24(22-8-4-5-9-23(22)28)31-27(34)32-25-17-21(38(35,36)33-12-6-3-7-13-33)10-11-26(25)37-20-15-18(29)14-19(30)16-20/h4-5,8-11,14-17,24H,2-3,6-7,12-13H2,1H3,(H2,31,32,34). The lowest BCUT2D eigenvalue weighted by atomic mass is 10.1. The molecule has 2 amide bonds. The van der Waals surface area contributed by atoms with Crippen molar-refractivity contribution in [3.05, 3.63) is 80.7 Å². The Kier molecular flexibility index (Phi) is 9.59. The Morgan fingerprint density at radius 3 is 2.37 bits per heavy atom. The highest BCUT2D eigenvalue weighted by molar-refractivity contribution is 9.10. The van der Waals surface area contributed by atoms with Crippen molar-refractivity contribution in [3.63, 3.8) is 0 Å².